The van der Waals surface area contributed by atoms with E-state index in [1.165, 1.54) is 0 Å². The summed E-state index contributed by atoms with van der Waals surface area (Å²) in [4.78, 5) is 6.94. The summed E-state index contributed by atoms with van der Waals surface area (Å²) in [5, 5.41) is 29.3. The normalized spacial score (nSPS) is 15.3. The smallest absolute Gasteiger partial charge is 0.261 e. The van der Waals surface area contributed by atoms with Crippen molar-refractivity contribution in [1.82, 2.24) is 15.0 Å². The quantitative estimate of drug-likeness (QED) is 0.154. The molecule has 0 saturated heterocycles. The maximum atomic E-state index is 15.1. The predicted octanol–water partition coefficient (Wildman–Crippen LogP) is 8.15. The van der Waals surface area contributed by atoms with Gasteiger partial charge in [0.2, 0.25) is 11.9 Å². The van der Waals surface area contributed by atoms with Gasteiger partial charge in [-0.3, -0.25) is 4.98 Å². The van der Waals surface area contributed by atoms with Crippen LogP contribution in [-0.4, -0.2) is 15.0 Å². The summed E-state index contributed by atoms with van der Waals surface area (Å²) < 4.78 is 225. The van der Waals surface area contributed by atoms with Crippen LogP contribution >= 0.6 is 0 Å². The first-order valence-corrected chi connectivity index (χ1v) is 11.9. The first kappa shape index (κ1) is 35.9. The first-order chi connectivity index (χ1) is 22.5. The third kappa shape index (κ3) is 5.99. The molecule has 0 aliphatic heterocycles. The molecule has 0 unspecified atom stereocenters. The molecule has 6 nitrogen and oxygen atoms in total. The van der Waals surface area contributed by atoms with Gasteiger partial charge in [0.15, 0.2) is 40.5 Å². The summed E-state index contributed by atoms with van der Waals surface area (Å²) in [7, 11) is 0. The minimum absolute atomic E-state index is 0.0222. The molecule has 0 N–H and O–H groups in total. The summed E-state index contributed by atoms with van der Waals surface area (Å²) in [6, 6.07) is 2.51. The second kappa shape index (κ2) is 11.9. The molecule has 1 saturated carbocycles. The van der Waals surface area contributed by atoms with Crippen molar-refractivity contribution in [2.75, 3.05) is 0 Å². The van der Waals surface area contributed by atoms with E-state index in [2.05, 4.69) is 4.98 Å². The molecule has 0 bridgehead atoms. The Hall–Kier alpha value is -5.98. The Morgan fingerprint density at radius 3 is 1.14 bits per heavy atom. The molecular formula is C27H2F16N6. The van der Waals surface area contributed by atoms with Crippen LogP contribution in [0.1, 0.15) is 33.6 Å². The maximum Gasteiger partial charge on any atom is 0.436 e. The van der Waals surface area contributed by atoms with Crippen LogP contribution in [0, 0.1) is 75.0 Å². The Morgan fingerprint density at radius 2 is 0.837 bits per heavy atom. The molecule has 252 valence electrons. The Balaban J connectivity index is 2.37. The van der Waals surface area contributed by atoms with Crippen molar-refractivity contribution in [3.63, 3.8) is 0 Å². The first-order valence-electron chi connectivity index (χ1n) is 11.9. The van der Waals surface area contributed by atoms with Crippen LogP contribution in [0.15, 0.2) is 29.1 Å². The number of alkyl halides is 9. The second-order valence-corrected chi connectivity index (χ2v) is 9.13. The van der Waals surface area contributed by atoms with Crippen LogP contribution in [0.3, 0.4) is 0 Å². The van der Waals surface area contributed by atoms with E-state index in [9.17, 15) is 77.3 Å². The van der Waals surface area contributed by atoms with E-state index in [0.29, 0.717) is 0 Å². The number of nitriles is 3. The molecule has 3 aromatic rings. The molecular weight excluding hydrogens is 712 g/mol. The molecule has 1 aliphatic carbocycles. The summed E-state index contributed by atoms with van der Waals surface area (Å²) in [6.07, 6.45) is -17.7. The summed E-state index contributed by atoms with van der Waals surface area (Å²) >= 11 is 0. The predicted molar refractivity (Wildman–Crippen MR) is 125 cm³/mol. The molecule has 3 aromatic heterocycles. The standard InChI is InChI=1S/C27H2F16N6/c28-10-5-47-4-9(25(35,36)37)11(10)6(1-44)12-13(7(2-45)15-17(29)21(26(38,39)40)48-23(33)19(15)31)14(12)8(3-46)16-18(30)22(27(41,42)43)49-24(34)20(16)32/h4-5H. The third-order valence-corrected chi connectivity index (χ3v) is 6.34. The van der Waals surface area contributed by atoms with Gasteiger partial charge in [-0.05, 0) is 0 Å². The summed E-state index contributed by atoms with van der Waals surface area (Å²) in [5.74, 6) is -19.0. The molecule has 0 aromatic carbocycles. The van der Waals surface area contributed by atoms with Gasteiger partial charge in [-0.15, -0.1) is 0 Å². The lowest BCUT2D eigenvalue weighted by Crippen LogP contribution is -2.16. The van der Waals surface area contributed by atoms with E-state index >= 15 is 8.78 Å². The van der Waals surface area contributed by atoms with E-state index < -0.39 is 127 Å². The zero-order chi connectivity index (χ0) is 37.1. The highest BCUT2D eigenvalue weighted by Crippen LogP contribution is 2.58. The number of allylic oxidation sites excluding steroid dienone is 6. The number of hydrogen-bond acceptors (Lipinski definition) is 6. The highest BCUT2D eigenvalue weighted by Gasteiger charge is 2.49. The number of nitrogens with zero attached hydrogens (tertiary/aromatic N) is 6. The van der Waals surface area contributed by atoms with Crippen LogP contribution in [-0.2, 0) is 18.5 Å². The van der Waals surface area contributed by atoms with Crippen molar-refractivity contribution in [2.24, 2.45) is 0 Å². The molecule has 0 amide bonds. The lowest BCUT2D eigenvalue weighted by Gasteiger charge is -2.12. The molecule has 0 radical (unpaired) electrons. The van der Waals surface area contributed by atoms with Crippen LogP contribution < -0.4 is 0 Å². The molecule has 1 aliphatic rings. The summed E-state index contributed by atoms with van der Waals surface area (Å²) in [5.41, 5.74) is -25.1. The lowest BCUT2D eigenvalue weighted by molar-refractivity contribution is -0.145. The third-order valence-electron chi connectivity index (χ3n) is 6.34. The number of hydrogen-bond donors (Lipinski definition) is 0. The highest BCUT2D eigenvalue weighted by molar-refractivity contribution is 6.12. The van der Waals surface area contributed by atoms with Gasteiger partial charge in [-0.2, -0.15) is 64.1 Å². The number of rotatable bonds is 3. The van der Waals surface area contributed by atoms with Gasteiger partial charge >= 0.3 is 18.5 Å². The zero-order valence-electron chi connectivity index (χ0n) is 22.4. The number of pyridine rings is 3. The second-order valence-electron chi connectivity index (χ2n) is 9.13. The molecule has 1 fully saturated rings. The van der Waals surface area contributed by atoms with Crippen LogP contribution in [0.5, 0.6) is 0 Å². The van der Waals surface area contributed by atoms with Crippen LogP contribution in [0.2, 0.25) is 0 Å². The van der Waals surface area contributed by atoms with Gasteiger partial charge in [-0.1, -0.05) is 0 Å². The minimum atomic E-state index is -5.97. The average molecular weight is 714 g/mol. The summed E-state index contributed by atoms with van der Waals surface area (Å²) in [6.45, 7) is 0. The van der Waals surface area contributed by atoms with Gasteiger partial charge in [0, 0.05) is 28.5 Å². The molecule has 22 heteroatoms. The van der Waals surface area contributed by atoms with E-state index in [4.69, 9.17) is 0 Å². The Morgan fingerprint density at radius 1 is 0.490 bits per heavy atom. The molecule has 49 heavy (non-hydrogen) atoms. The van der Waals surface area contributed by atoms with Crippen molar-refractivity contribution in [2.45, 2.75) is 18.5 Å². The Bertz CT molecular complexity index is 2070. The topological polar surface area (TPSA) is 110 Å². The van der Waals surface area contributed by atoms with Crippen LogP contribution in [0.25, 0.3) is 16.7 Å². The van der Waals surface area contributed by atoms with Gasteiger partial charge in [0.05, 0.1) is 39.6 Å². The largest absolute Gasteiger partial charge is 0.436 e. The van der Waals surface area contributed by atoms with E-state index in [1.807, 2.05) is 9.97 Å². The Kier molecular flexibility index (Phi) is 8.72. The van der Waals surface area contributed by atoms with Crippen molar-refractivity contribution in [3.05, 3.63) is 104 Å². The van der Waals surface area contributed by atoms with Gasteiger partial charge in [-0.25, -0.2) is 31.9 Å². The Labute approximate surface area is 258 Å². The van der Waals surface area contributed by atoms with Gasteiger partial charge in [0.1, 0.15) is 18.2 Å². The fourth-order valence-electron chi connectivity index (χ4n) is 4.39. The molecule has 0 atom stereocenters. The fraction of sp³-hybridized carbons (Fsp3) is 0.111. The molecule has 4 rings (SSSR count). The zero-order valence-corrected chi connectivity index (χ0v) is 22.4. The van der Waals surface area contributed by atoms with E-state index in [-0.39, 0.29) is 12.4 Å². The van der Waals surface area contributed by atoms with E-state index in [0.717, 1.165) is 18.2 Å². The number of halogens is 16. The molecule has 0 spiro atoms. The number of aromatic nitrogens is 3. The van der Waals surface area contributed by atoms with E-state index in [1.54, 1.807) is 0 Å². The minimum Gasteiger partial charge on any atom is -0.261 e. The average Bonchev–Trinajstić information content (AvgIpc) is 3.70. The van der Waals surface area contributed by atoms with Crippen molar-refractivity contribution in [3.8, 4) is 18.2 Å². The lowest BCUT2D eigenvalue weighted by atomic mass is 9.99. The van der Waals surface area contributed by atoms with Crippen molar-refractivity contribution < 1.29 is 70.2 Å². The highest BCUT2D eigenvalue weighted by atomic mass is 19.4. The monoisotopic (exact) mass is 714 g/mol. The van der Waals surface area contributed by atoms with Gasteiger partial charge < -0.3 is 0 Å². The van der Waals surface area contributed by atoms with Gasteiger partial charge in [0.25, 0.3) is 0 Å². The molecule has 3 heterocycles. The van der Waals surface area contributed by atoms with Crippen molar-refractivity contribution in [1.29, 1.82) is 15.8 Å². The van der Waals surface area contributed by atoms with Crippen molar-refractivity contribution >= 4 is 16.7 Å². The fourth-order valence-corrected chi connectivity index (χ4v) is 4.39. The maximum absolute atomic E-state index is 15.1. The van der Waals surface area contributed by atoms with Crippen LogP contribution in [0.4, 0.5) is 70.2 Å². The SMILES string of the molecule is N#CC(=C1C(=C(C#N)c2c(F)c(F)nc(C(F)(F)F)c2F)C1=C(C#N)c1c(F)c(F)nc(C(F)(F)F)c1F)c1c(F)cncc1C(F)(F)F.